The molecule has 0 spiro atoms. The molecule has 0 saturated heterocycles. The second-order valence-corrected chi connectivity index (χ2v) is 3.56. The zero-order valence-electron chi connectivity index (χ0n) is 10.5. The molecule has 18 heavy (non-hydrogen) atoms. The number of benzene rings is 1. The van der Waals surface area contributed by atoms with Crippen molar-refractivity contribution in [1.82, 2.24) is 0 Å². The Bertz CT molecular complexity index is 423. The fourth-order valence-corrected chi connectivity index (χ4v) is 1.40. The number of hydrogen-bond donors (Lipinski definition) is 1. The summed E-state index contributed by atoms with van der Waals surface area (Å²) in [6.45, 7) is 2.05. The fraction of sp³-hybridized carbons (Fsp3) is 0.385. The van der Waals surface area contributed by atoms with Crippen LogP contribution in [0.3, 0.4) is 0 Å². The van der Waals surface area contributed by atoms with Gasteiger partial charge in [0.25, 0.3) is 0 Å². The van der Waals surface area contributed by atoms with Crippen molar-refractivity contribution in [1.29, 1.82) is 5.26 Å². The van der Waals surface area contributed by atoms with E-state index in [1.165, 1.54) is 0 Å². The van der Waals surface area contributed by atoms with E-state index in [4.69, 9.17) is 14.7 Å². The van der Waals surface area contributed by atoms with Crippen molar-refractivity contribution in [3.8, 4) is 11.8 Å². The number of hydrogen-bond acceptors (Lipinski definition) is 5. The molecule has 1 aromatic carbocycles. The van der Waals surface area contributed by atoms with Gasteiger partial charge in [-0.3, -0.25) is 4.79 Å². The quantitative estimate of drug-likeness (QED) is 0.779. The maximum absolute atomic E-state index is 11.3. The Hall–Kier alpha value is -2.22. The predicted octanol–water partition coefficient (Wildman–Crippen LogP) is 1.95. The van der Waals surface area contributed by atoms with Crippen LogP contribution in [0, 0.1) is 11.3 Å². The Morgan fingerprint density at radius 3 is 2.61 bits per heavy atom. The minimum absolute atomic E-state index is 0.0242. The van der Waals surface area contributed by atoms with E-state index < -0.39 is 6.04 Å². The molecule has 0 aromatic heterocycles. The molecule has 5 heteroatoms. The molecule has 0 saturated carbocycles. The summed E-state index contributed by atoms with van der Waals surface area (Å²) in [6, 6.07) is 8.56. The Balaban J connectivity index is 2.57. The second-order valence-electron chi connectivity index (χ2n) is 3.56. The Morgan fingerprint density at radius 1 is 1.44 bits per heavy atom. The average molecular weight is 248 g/mol. The third-order valence-electron chi connectivity index (χ3n) is 2.26. The lowest BCUT2D eigenvalue weighted by Gasteiger charge is -2.12. The fourth-order valence-electron chi connectivity index (χ4n) is 1.40. The van der Waals surface area contributed by atoms with Crippen molar-refractivity contribution in [2.24, 2.45) is 0 Å². The number of methoxy groups -OCH3 is 1. The van der Waals surface area contributed by atoms with Crippen molar-refractivity contribution in [2.45, 2.75) is 19.4 Å². The number of ether oxygens (including phenoxy) is 2. The van der Waals surface area contributed by atoms with E-state index in [0.29, 0.717) is 6.61 Å². The highest BCUT2D eigenvalue weighted by Gasteiger charge is 2.13. The van der Waals surface area contributed by atoms with Crippen molar-refractivity contribution in [2.75, 3.05) is 19.0 Å². The number of carbonyl (C=O) groups is 1. The highest BCUT2D eigenvalue weighted by Crippen LogP contribution is 2.16. The van der Waals surface area contributed by atoms with Gasteiger partial charge in [0, 0.05) is 5.69 Å². The summed E-state index contributed by atoms with van der Waals surface area (Å²) >= 11 is 0. The van der Waals surface area contributed by atoms with Gasteiger partial charge in [-0.15, -0.1) is 0 Å². The third kappa shape index (κ3) is 4.34. The molecule has 5 nitrogen and oxygen atoms in total. The normalized spacial score (nSPS) is 11.2. The van der Waals surface area contributed by atoms with Gasteiger partial charge in [0.2, 0.25) is 0 Å². The van der Waals surface area contributed by atoms with Crippen molar-refractivity contribution in [3.63, 3.8) is 0 Å². The van der Waals surface area contributed by atoms with Crippen LogP contribution in [0.2, 0.25) is 0 Å². The van der Waals surface area contributed by atoms with Gasteiger partial charge in [-0.05, 0) is 31.2 Å². The maximum atomic E-state index is 11.3. The molecule has 0 fully saturated rings. The van der Waals surface area contributed by atoms with Crippen LogP contribution in [-0.2, 0) is 9.53 Å². The van der Waals surface area contributed by atoms with Crippen LogP contribution < -0.4 is 10.1 Å². The van der Waals surface area contributed by atoms with Gasteiger partial charge in [0.15, 0.2) is 0 Å². The highest BCUT2D eigenvalue weighted by atomic mass is 16.5. The number of nitrogens with zero attached hydrogens (tertiary/aromatic N) is 1. The smallest absolute Gasteiger partial charge is 0.308 e. The lowest BCUT2D eigenvalue weighted by Crippen LogP contribution is -2.22. The minimum atomic E-state index is -0.600. The molecule has 1 atom stereocenters. The molecule has 0 radical (unpaired) electrons. The Morgan fingerprint density at radius 2 is 2.11 bits per heavy atom. The number of nitriles is 1. The summed E-state index contributed by atoms with van der Waals surface area (Å²) in [5.74, 6) is 0.351. The summed E-state index contributed by atoms with van der Waals surface area (Å²) in [4.78, 5) is 11.3. The lowest BCUT2D eigenvalue weighted by molar-refractivity contribution is -0.143. The first-order valence-electron chi connectivity index (χ1n) is 5.65. The number of esters is 1. The number of carbonyl (C=O) groups excluding carboxylic acids is 1. The van der Waals surface area contributed by atoms with E-state index in [2.05, 4.69) is 5.32 Å². The third-order valence-corrected chi connectivity index (χ3v) is 2.26. The summed E-state index contributed by atoms with van der Waals surface area (Å²) in [7, 11) is 1.58. The van der Waals surface area contributed by atoms with E-state index in [0.717, 1.165) is 11.4 Å². The van der Waals surface area contributed by atoms with Gasteiger partial charge >= 0.3 is 5.97 Å². The first-order chi connectivity index (χ1) is 8.69. The molecule has 0 aliphatic carbocycles. The van der Waals surface area contributed by atoms with Gasteiger partial charge in [0.1, 0.15) is 11.8 Å². The van der Waals surface area contributed by atoms with Crippen molar-refractivity contribution >= 4 is 11.7 Å². The molecule has 0 bridgehead atoms. The van der Waals surface area contributed by atoms with E-state index in [9.17, 15) is 4.79 Å². The number of anilines is 1. The lowest BCUT2D eigenvalue weighted by atomic mass is 10.2. The second kappa shape index (κ2) is 7.17. The van der Waals surface area contributed by atoms with Crippen LogP contribution in [0.25, 0.3) is 0 Å². The summed E-state index contributed by atoms with van der Waals surface area (Å²) in [5, 5.41) is 11.9. The standard InChI is InChI=1S/C13H16N2O3/c1-3-18-13(16)8-11(9-14)15-10-4-6-12(17-2)7-5-10/h4-7,11,15H,3,8H2,1-2H3. The van der Waals surface area contributed by atoms with Crippen LogP contribution in [0.4, 0.5) is 5.69 Å². The SMILES string of the molecule is CCOC(=O)CC(C#N)Nc1ccc(OC)cc1. The van der Waals surface area contributed by atoms with Crippen LogP contribution >= 0.6 is 0 Å². The van der Waals surface area contributed by atoms with Crippen LogP contribution in [0.15, 0.2) is 24.3 Å². The van der Waals surface area contributed by atoms with E-state index >= 15 is 0 Å². The highest BCUT2D eigenvalue weighted by molar-refractivity contribution is 5.71. The predicted molar refractivity (Wildman–Crippen MR) is 67.3 cm³/mol. The van der Waals surface area contributed by atoms with Crippen molar-refractivity contribution < 1.29 is 14.3 Å². The van der Waals surface area contributed by atoms with E-state index in [-0.39, 0.29) is 12.4 Å². The monoisotopic (exact) mass is 248 g/mol. The maximum Gasteiger partial charge on any atom is 0.308 e. The van der Waals surface area contributed by atoms with E-state index in [1.807, 2.05) is 6.07 Å². The summed E-state index contributed by atoms with van der Waals surface area (Å²) < 4.78 is 9.83. The van der Waals surface area contributed by atoms with Gasteiger partial charge in [0.05, 0.1) is 26.2 Å². The van der Waals surface area contributed by atoms with Gasteiger partial charge in [-0.2, -0.15) is 5.26 Å². The summed E-state index contributed by atoms with van der Waals surface area (Å²) in [5.41, 5.74) is 0.756. The molecule has 0 aliphatic rings. The molecule has 1 aromatic rings. The Kier molecular flexibility index (Phi) is 5.52. The van der Waals surface area contributed by atoms with Gasteiger partial charge < -0.3 is 14.8 Å². The van der Waals surface area contributed by atoms with Crippen LogP contribution in [0.1, 0.15) is 13.3 Å². The molecule has 96 valence electrons. The summed E-state index contributed by atoms with van der Waals surface area (Å²) in [6.07, 6.45) is 0.0242. The molecule has 0 amide bonds. The first-order valence-corrected chi connectivity index (χ1v) is 5.65. The van der Waals surface area contributed by atoms with Gasteiger partial charge in [-0.1, -0.05) is 0 Å². The zero-order chi connectivity index (χ0) is 13.4. The van der Waals surface area contributed by atoms with Crippen LogP contribution in [0.5, 0.6) is 5.75 Å². The van der Waals surface area contributed by atoms with E-state index in [1.54, 1.807) is 38.3 Å². The molecule has 1 unspecified atom stereocenters. The largest absolute Gasteiger partial charge is 0.497 e. The molecular formula is C13H16N2O3. The molecule has 0 aliphatic heterocycles. The van der Waals surface area contributed by atoms with Crippen molar-refractivity contribution in [3.05, 3.63) is 24.3 Å². The molecular weight excluding hydrogens is 232 g/mol. The van der Waals surface area contributed by atoms with Crippen LogP contribution in [-0.4, -0.2) is 25.7 Å². The molecule has 1 N–H and O–H groups in total. The van der Waals surface area contributed by atoms with Gasteiger partial charge in [-0.25, -0.2) is 0 Å². The number of rotatable bonds is 6. The number of nitrogens with one attached hydrogen (secondary N) is 1. The zero-order valence-corrected chi connectivity index (χ0v) is 10.5. The molecule has 1 rings (SSSR count). The minimum Gasteiger partial charge on any atom is -0.497 e. The Labute approximate surface area is 106 Å². The first kappa shape index (κ1) is 13.8. The average Bonchev–Trinajstić information content (AvgIpc) is 2.39. The molecule has 0 heterocycles. The topological polar surface area (TPSA) is 71.4 Å².